The van der Waals surface area contributed by atoms with Gasteiger partial charge in [0.2, 0.25) is 0 Å². The van der Waals surface area contributed by atoms with Crippen LogP contribution in [0.3, 0.4) is 0 Å². The van der Waals surface area contributed by atoms with Crippen molar-refractivity contribution in [2.45, 2.75) is 64.1 Å². The number of rotatable bonds is 7. The van der Waals surface area contributed by atoms with Gasteiger partial charge in [0.15, 0.2) is 18.9 Å². The molecule has 5 atom stereocenters. The Morgan fingerprint density at radius 3 is 2.75 bits per heavy atom. The molecule has 1 aliphatic heterocycles. The third kappa shape index (κ3) is 4.22. The topological polar surface area (TPSA) is 105 Å². The van der Waals surface area contributed by atoms with Crippen LogP contribution in [0.15, 0.2) is 18.6 Å². The number of nitrogen functional groups attached to an aromatic ring is 1. The molecule has 0 radical (unpaired) electrons. The molecule has 1 saturated heterocycles. The number of halogens is 1. The van der Waals surface area contributed by atoms with E-state index < -0.39 is 31.1 Å². The van der Waals surface area contributed by atoms with Crippen molar-refractivity contribution in [3.05, 3.63) is 18.6 Å². The van der Waals surface area contributed by atoms with Crippen molar-refractivity contribution in [2.75, 3.05) is 12.3 Å². The van der Waals surface area contributed by atoms with Gasteiger partial charge in [0.05, 0.1) is 18.1 Å². The number of nitrogens with two attached hydrogens (primary N) is 1. The highest BCUT2D eigenvalue weighted by atomic mass is 32.5. The zero-order valence-electron chi connectivity index (χ0n) is 16.2. The maximum atomic E-state index is 15.5. The van der Waals surface area contributed by atoms with Gasteiger partial charge in [-0.1, -0.05) is 13.8 Å². The Morgan fingerprint density at radius 2 is 2.11 bits per heavy atom. The molecule has 156 valence electrons. The van der Waals surface area contributed by atoms with Crippen molar-refractivity contribution in [1.82, 2.24) is 14.5 Å². The average molecular weight is 432 g/mol. The summed E-state index contributed by atoms with van der Waals surface area (Å²) >= 11 is 5.22. The van der Waals surface area contributed by atoms with Gasteiger partial charge in [-0.15, -0.1) is 0 Å². The molecule has 2 aromatic heterocycles. The van der Waals surface area contributed by atoms with Gasteiger partial charge >= 0.3 is 0 Å². The molecule has 28 heavy (non-hydrogen) atoms. The normalized spacial score (nSPS) is 27.7. The van der Waals surface area contributed by atoms with Crippen LogP contribution < -0.4 is 5.73 Å². The molecular weight excluding hydrogens is 406 g/mol. The highest BCUT2D eigenvalue weighted by molar-refractivity contribution is 8.09. The van der Waals surface area contributed by atoms with E-state index in [-0.39, 0.29) is 18.4 Å². The third-order valence-corrected chi connectivity index (χ3v) is 7.97. The summed E-state index contributed by atoms with van der Waals surface area (Å²) in [7, 11) is 0. The van der Waals surface area contributed by atoms with Gasteiger partial charge in [-0.3, -0.25) is 0 Å². The first-order chi connectivity index (χ1) is 13.1. The molecule has 1 unspecified atom stereocenters. The SMILES string of the molecule is CC(C)OC[C@H]1O[C@@H](n2ccc3c(N)ncnc32)[C@H](F)[C@@H]1OP(O)(=S)C(C)C. The van der Waals surface area contributed by atoms with Gasteiger partial charge < -0.3 is 29.2 Å². The monoisotopic (exact) mass is 432 g/mol. The number of hydrogen-bond acceptors (Lipinski definition) is 7. The maximum Gasteiger partial charge on any atom is 0.189 e. The number of aromatic nitrogens is 3. The lowest BCUT2D eigenvalue weighted by atomic mass is 10.1. The van der Waals surface area contributed by atoms with Gasteiger partial charge in [-0.2, -0.15) is 0 Å². The molecule has 3 N–H and O–H groups in total. The molecule has 11 heteroatoms. The summed E-state index contributed by atoms with van der Waals surface area (Å²) < 4.78 is 34.3. The van der Waals surface area contributed by atoms with Crippen molar-refractivity contribution in [3.63, 3.8) is 0 Å². The number of fused-ring (bicyclic) bond motifs is 1. The molecule has 8 nitrogen and oxygen atoms in total. The zero-order valence-corrected chi connectivity index (χ0v) is 17.9. The number of alkyl halides is 1. The van der Waals surface area contributed by atoms with Gasteiger partial charge in [0.25, 0.3) is 0 Å². The quantitative estimate of drug-likeness (QED) is 0.644. The van der Waals surface area contributed by atoms with Crippen molar-refractivity contribution >= 4 is 35.1 Å². The highest BCUT2D eigenvalue weighted by Gasteiger charge is 2.49. The van der Waals surface area contributed by atoms with Crippen LogP contribution in [0.1, 0.15) is 33.9 Å². The summed E-state index contributed by atoms with van der Waals surface area (Å²) in [5.41, 5.74) is 6.02. The van der Waals surface area contributed by atoms with E-state index in [0.29, 0.717) is 16.9 Å². The molecule has 0 spiro atoms. The van der Waals surface area contributed by atoms with Crippen LogP contribution >= 0.6 is 6.49 Å². The maximum absolute atomic E-state index is 15.5. The lowest BCUT2D eigenvalue weighted by molar-refractivity contribution is -0.0711. The molecule has 0 aliphatic carbocycles. The minimum atomic E-state index is -3.19. The predicted molar refractivity (Wildman–Crippen MR) is 108 cm³/mol. The highest BCUT2D eigenvalue weighted by Crippen LogP contribution is 2.52. The molecule has 0 aromatic carbocycles. The third-order valence-electron chi connectivity index (χ3n) is 4.60. The molecule has 0 amide bonds. The summed E-state index contributed by atoms with van der Waals surface area (Å²) in [4.78, 5) is 18.6. The van der Waals surface area contributed by atoms with Crippen LogP contribution in [0, 0.1) is 0 Å². The smallest absolute Gasteiger partial charge is 0.189 e. The van der Waals surface area contributed by atoms with Crippen LogP contribution in [0.2, 0.25) is 0 Å². The Morgan fingerprint density at radius 1 is 1.39 bits per heavy atom. The van der Waals surface area contributed by atoms with Crippen molar-refractivity contribution in [2.24, 2.45) is 0 Å². The van der Waals surface area contributed by atoms with Gasteiger partial charge in [0, 0.05) is 11.9 Å². The molecular formula is C17H26FN4O4PS. The second-order valence-corrected chi connectivity index (χ2v) is 11.3. The largest absolute Gasteiger partial charge is 0.383 e. The van der Waals surface area contributed by atoms with Crippen molar-refractivity contribution in [3.8, 4) is 0 Å². The van der Waals surface area contributed by atoms with Crippen LogP contribution in [-0.2, 0) is 25.8 Å². The Kier molecular flexibility index (Phi) is 6.38. The van der Waals surface area contributed by atoms with E-state index in [2.05, 4.69) is 9.97 Å². The average Bonchev–Trinajstić information content (AvgIpc) is 3.16. The predicted octanol–water partition coefficient (Wildman–Crippen LogP) is 2.77. The fourth-order valence-corrected chi connectivity index (χ4v) is 4.10. The van der Waals surface area contributed by atoms with E-state index in [4.69, 9.17) is 31.5 Å². The van der Waals surface area contributed by atoms with Crippen LogP contribution in [0.25, 0.3) is 11.0 Å². The standard InChI is InChI=1S/C17H26FN4O4PS/c1-9(2)24-7-12-14(26-27(23,28)10(3)4)13(18)17(25-12)22-6-5-11-15(19)20-8-21-16(11)22/h5-6,8-10,12-14,17H,7H2,1-4H3,(H,23,28)(H2,19,20,21)/t12-,13-,14-,17-,27?/m1/s1. The van der Waals surface area contributed by atoms with E-state index in [9.17, 15) is 4.89 Å². The van der Waals surface area contributed by atoms with Crippen LogP contribution in [0.4, 0.5) is 10.2 Å². The first-order valence-electron chi connectivity index (χ1n) is 9.10. The second-order valence-electron chi connectivity index (χ2n) is 7.34. The Labute approximate surface area is 168 Å². The first-order valence-corrected chi connectivity index (χ1v) is 11.8. The Bertz CT molecular complexity index is 880. The number of anilines is 1. The van der Waals surface area contributed by atoms with E-state index >= 15 is 4.39 Å². The number of ether oxygens (including phenoxy) is 2. The summed E-state index contributed by atoms with van der Waals surface area (Å²) in [6.07, 6.45) is -1.49. The second kappa shape index (κ2) is 8.30. The fourth-order valence-electron chi connectivity index (χ4n) is 2.96. The molecule has 0 bridgehead atoms. The van der Waals surface area contributed by atoms with E-state index in [1.54, 1.807) is 30.7 Å². The molecule has 1 fully saturated rings. The fraction of sp³-hybridized carbons (Fsp3) is 0.647. The van der Waals surface area contributed by atoms with Gasteiger partial charge in [-0.05, 0) is 31.7 Å². The van der Waals surface area contributed by atoms with Gasteiger partial charge in [0.1, 0.15) is 30.0 Å². The van der Waals surface area contributed by atoms with Crippen LogP contribution in [0.5, 0.6) is 0 Å². The molecule has 3 rings (SSSR count). The van der Waals surface area contributed by atoms with Gasteiger partial charge in [-0.25, -0.2) is 14.4 Å². The number of hydrogen-bond donors (Lipinski definition) is 2. The van der Waals surface area contributed by atoms with E-state index in [0.717, 1.165) is 0 Å². The zero-order chi connectivity index (χ0) is 20.6. The summed E-state index contributed by atoms with van der Waals surface area (Å²) in [6.45, 7) is 4.17. The molecule has 0 saturated carbocycles. The van der Waals surface area contributed by atoms with E-state index in [1.165, 1.54) is 6.33 Å². The number of nitrogens with zero attached hydrogens (tertiary/aromatic N) is 3. The van der Waals surface area contributed by atoms with Crippen molar-refractivity contribution in [1.29, 1.82) is 0 Å². The van der Waals surface area contributed by atoms with Crippen molar-refractivity contribution < 1.29 is 23.3 Å². The Hall–Kier alpha value is -1.16. The molecule has 3 heterocycles. The lowest BCUT2D eigenvalue weighted by Gasteiger charge is -2.27. The minimum absolute atomic E-state index is 0.0661. The molecule has 2 aromatic rings. The first kappa shape index (κ1) is 21.5. The minimum Gasteiger partial charge on any atom is -0.383 e. The molecule has 1 aliphatic rings. The Balaban J connectivity index is 1.92. The van der Waals surface area contributed by atoms with Crippen LogP contribution in [-0.4, -0.2) is 56.2 Å². The summed E-state index contributed by atoms with van der Waals surface area (Å²) in [6, 6.07) is 1.71. The summed E-state index contributed by atoms with van der Waals surface area (Å²) in [5.74, 6) is 0.301. The van der Waals surface area contributed by atoms with E-state index in [1.807, 2.05) is 13.8 Å². The summed E-state index contributed by atoms with van der Waals surface area (Å²) in [5, 5.41) is 0.604. The lowest BCUT2D eigenvalue weighted by Crippen LogP contribution is -2.35.